The lowest BCUT2D eigenvalue weighted by Gasteiger charge is -2.16. The molecule has 1 rings (SSSR count). The van der Waals surface area contributed by atoms with E-state index in [1.165, 1.54) is 0 Å². The average Bonchev–Trinajstić information content (AvgIpc) is 2.19. The highest BCUT2D eigenvalue weighted by molar-refractivity contribution is 5.37. The molecule has 0 amide bonds. The number of likely N-dealkylation sites (N-methyl/N-ethyl adjacent to an activating group) is 1. The highest BCUT2D eigenvalue weighted by atomic mass is 16.3. The van der Waals surface area contributed by atoms with Crippen LogP contribution in [0.1, 0.15) is 19.0 Å². The molecule has 1 heterocycles. The van der Waals surface area contributed by atoms with Crippen molar-refractivity contribution in [3.05, 3.63) is 18.1 Å². The van der Waals surface area contributed by atoms with E-state index in [0.717, 1.165) is 24.4 Å². The van der Waals surface area contributed by atoms with Gasteiger partial charge in [-0.3, -0.25) is 0 Å². The molecule has 0 bridgehead atoms. The predicted octanol–water partition coefficient (Wildman–Crippen LogP) is 0.858. The summed E-state index contributed by atoms with van der Waals surface area (Å²) in [5, 5.41) is 8.79. The molecule has 0 saturated carbocycles. The second-order valence-corrected chi connectivity index (χ2v) is 3.26. The Hall–Kier alpha value is -1.16. The fourth-order valence-corrected chi connectivity index (χ4v) is 1.25. The van der Waals surface area contributed by atoms with Gasteiger partial charge in [0.15, 0.2) is 0 Å². The standard InChI is InChI=1S/C10H17N3O/c1-3-4-9-7-10(12-8-11-9)13(2)5-6-14/h7-8,14H,3-6H2,1-2H3. The molecule has 0 aliphatic rings. The number of aliphatic hydroxyl groups excluding tert-OH is 1. The molecule has 4 nitrogen and oxygen atoms in total. The number of hydrogen-bond acceptors (Lipinski definition) is 4. The zero-order chi connectivity index (χ0) is 10.4. The number of aryl methyl sites for hydroxylation is 1. The SMILES string of the molecule is CCCc1cc(N(C)CCO)ncn1. The first kappa shape index (κ1) is 10.9. The van der Waals surface area contributed by atoms with Crippen LogP contribution >= 0.6 is 0 Å². The first-order valence-electron chi connectivity index (χ1n) is 4.90. The summed E-state index contributed by atoms with van der Waals surface area (Å²) in [5.41, 5.74) is 1.06. The van der Waals surface area contributed by atoms with E-state index in [0.29, 0.717) is 6.54 Å². The van der Waals surface area contributed by atoms with Crippen LogP contribution in [0.3, 0.4) is 0 Å². The number of anilines is 1. The minimum absolute atomic E-state index is 0.142. The van der Waals surface area contributed by atoms with Gasteiger partial charge in [-0.05, 0) is 6.42 Å². The number of aromatic nitrogens is 2. The van der Waals surface area contributed by atoms with Crippen molar-refractivity contribution in [3.8, 4) is 0 Å². The van der Waals surface area contributed by atoms with Crippen molar-refractivity contribution in [2.24, 2.45) is 0 Å². The second kappa shape index (κ2) is 5.54. The van der Waals surface area contributed by atoms with Gasteiger partial charge in [-0.2, -0.15) is 0 Å². The number of aliphatic hydroxyl groups is 1. The molecule has 0 unspecified atom stereocenters. The third-order valence-corrected chi connectivity index (χ3v) is 2.04. The Balaban J connectivity index is 2.71. The van der Waals surface area contributed by atoms with E-state index in [1.807, 2.05) is 18.0 Å². The lowest BCUT2D eigenvalue weighted by molar-refractivity contribution is 0.304. The summed E-state index contributed by atoms with van der Waals surface area (Å²) in [6.07, 6.45) is 3.64. The summed E-state index contributed by atoms with van der Waals surface area (Å²) in [6.45, 7) is 2.87. The monoisotopic (exact) mass is 195 g/mol. The lowest BCUT2D eigenvalue weighted by Crippen LogP contribution is -2.22. The van der Waals surface area contributed by atoms with Crippen LogP contribution in [0.15, 0.2) is 12.4 Å². The Morgan fingerprint density at radius 1 is 1.43 bits per heavy atom. The van der Waals surface area contributed by atoms with E-state index in [9.17, 15) is 0 Å². The van der Waals surface area contributed by atoms with E-state index in [-0.39, 0.29) is 6.61 Å². The van der Waals surface area contributed by atoms with Crippen LogP contribution in [0, 0.1) is 0 Å². The van der Waals surface area contributed by atoms with Crippen molar-refractivity contribution >= 4 is 5.82 Å². The van der Waals surface area contributed by atoms with Gasteiger partial charge >= 0.3 is 0 Å². The topological polar surface area (TPSA) is 49.2 Å². The maximum absolute atomic E-state index is 8.79. The van der Waals surface area contributed by atoms with Crippen molar-refractivity contribution in [1.82, 2.24) is 9.97 Å². The number of hydrogen-bond donors (Lipinski definition) is 1. The lowest BCUT2D eigenvalue weighted by atomic mass is 10.2. The van der Waals surface area contributed by atoms with Crippen LogP contribution in [0.5, 0.6) is 0 Å². The first-order valence-corrected chi connectivity index (χ1v) is 4.90. The van der Waals surface area contributed by atoms with Crippen LogP contribution < -0.4 is 4.90 Å². The van der Waals surface area contributed by atoms with E-state index in [2.05, 4.69) is 16.9 Å². The van der Waals surface area contributed by atoms with Crippen molar-refractivity contribution in [3.63, 3.8) is 0 Å². The van der Waals surface area contributed by atoms with Crippen LogP contribution in [-0.2, 0) is 6.42 Å². The third-order valence-electron chi connectivity index (χ3n) is 2.04. The summed E-state index contributed by atoms with van der Waals surface area (Å²) >= 11 is 0. The Morgan fingerprint density at radius 3 is 2.86 bits per heavy atom. The molecule has 0 aromatic carbocycles. The summed E-state index contributed by atoms with van der Waals surface area (Å²) in [4.78, 5) is 10.2. The summed E-state index contributed by atoms with van der Waals surface area (Å²) < 4.78 is 0. The molecule has 1 aromatic rings. The largest absolute Gasteiger partial charge is 0.395 e. The van der Waals surface area contributed by atoms with E-state index < -0.39 is 0 Å². The van der Waals surface area contributed by atoms with Crippen LogP contribution in [0.25, 0.3) is 0 Å². The van der Waals surface area contributed by atoms with Crippen LogP contribution in [-0.4, -0.2) is 35.3 Å². The highest BCUT2D eigenvalue weighted by Crippen LogP contribution is 2.09. The Kier molecular flexibility index (Phi) is 4.32. The number of nitrogens with zero attached hydrogens (tertiary/aromatic N) is 3. The third kappa shape index (κ3) is 2.96. The average molecular weight is 195 g/mol. The van der Waals surface area contributed by atoms with Gasteiger partial charge in [0.1, 0.15) is 12.1 Å². The van der Waals surface area contributed by atoms with Gasteiger partial charge in [0.05, 0.1) is 6.61 Å². The quantitative estimate of drug-likeness (QED) is 0.757. The van der Waals surface area contributed by atoms with Gasteiger partial charge in [-0.15, -0.1) is 0 Å². The van der Waals surface area contributed by atoms with E-state index in [4.69, 9.17) is 5.11 Å². The number of rotatable bonds is 5. The van der Waals surface area contributed by atoms with Gasteiger partial charge in [-0.1, -0.05) is 13.3 Å². The smallest absolute Gasteiger partial charge is 0.132 e. The molecular weight excluding hydrogens is 178 g/mol. The molecule has 14 heavy (non-hydrogen) atoms. The van der Waals surface area contributed by atoms with Crippen molar-refractivity contribution in [1.29, 1.82) is 0 Å². The van der Waals surface area contributed by atoms with E-state index in [1.54, 1.807) is 6.33 Å². The molecule has 0 aliphatic carbocycles. The predicted molar refractivity (Wildman–Crippen MR) is 56.4 cm³/mol. The Morgan fingerprint density at radius 2 is 2.21 bits per heavy atom. The van der Waals surface area contributed by atoms with Gasteiger partial charge in [0.25, 0.3) is 0 Å². The molecule has 0 fully saturated rings. The molecule has 0 aliphatic heterocycles. The summed E-state index contributed by atoms with van der Waals surface area (Å²) in [6, 6.07) is 1.97. The molecule has 4 heteroatoms. The Labute approximate surface area is 84.6 Å². The minimum atomic E-state index is 0.142. The maximum Gasteiger partial charge on any atom is 0.132 e. The summed E-state index contributed by atoms with van der Waals surface area (Å²) in [7, 11) is 1.91. The molecule has 0 spiro atoms. The first-order chi connectivity index (χ1) is 6.77. The zero-order valence-electron chi connectivity index (χ0n) is 8.77. The molecular formula is C10H17N3O. The van der Waals surface area contributed by atoms with Gasteiger partial charge in [0, 0.05) is 25.4 Å². The molecule has 1 aromatic heterocycles. The van der Waals surface area contributed by atoms with Gasteiger partial charge < -0.3 is 10.0 Å². The molecule has 0 atom stereocenters. The molecule has 0 saturated heterocycles. The fourth-order valence-electron chi connectivity index (χ4n) is 1.25. The van der Waals surface area contributed by atoms with E-state index >= 15 is 0 Å². The normalized spacial score (nSPS) is 10.2. The van der Waals surface area contributed by atoms with Gasteiger partial charge in [0.2, 0.25) is 0 Å². The van der Waals surface area contributed by atoms with Crippen molar-refractivity contribution in [2.45, 2.75) is 19.8 Å². The molecule has 1 N–H and O–H groups in total. The zero-order valence-corrected chi connectivity index (χ0v) is 8.77. The van der Waals surface area contributed by atoms with Crippen molar-refractivity contribution in [2.75, 3.05) is 25.1 Å². The minimum Gasteiger partial charge on any atom is -0.395 e. The van der Waals surface area contributed by atoms with Gasteiger partial charge in [-0.25, -0.2) is 9.97 Å². The highest BCUT2D eigenvalue weighted by Gasteiger charge is 2.02. The maximum atomic E-state index is 8.79. The van der Waals surface area contributed by atoms with Crippen LogP contribution in [0.4, 0.5) is 5.82 Å². The molecule has 0 radical (unpaired) electrons. The second-order valence-electron chi connectivity index (χ2n) is 3.26. The Bertz CT molecular complexity index is 278. The molecule has 78 valence electrons. The van der Waals surface area contributed by atoms with Crippen molar-refractivity contribution < 1.29 is 5.11 Å². The summed E-state index contributed by atoms with van der Waals surface area (Å²) in [5.74, 6) is 0.873. The fraction of sp³-hybridized carbons (Fsp3) is 0.600. The van der Waals surface area contributed by atoms with Crippen LogP contribution in [0.2, 0.25) is 0 Å².